The van der Waals surface area contributed by atoms with Gasteiger partial charge in [0, 0.05) is 44.3 Å². The zero-order valence-electron chi connectivity index (χ0n) is 26.3. The van der Waals surface area contributed by atoms with Crippen LogP contribution in [-0.4, -0.2) is 0 Å². The highest BCUT2D eigenvalue weighted by molar-refractivity contribution is 6.23. The highest BCUT2D eigenvalue weighted by atomic mass is 15.2. The van der Waals surface area contributed by atoms with Gasteiger partial charge in [-0.05, 0) is 72.6 Å². The Morgan fingerprint density at radius 3 is 1.17 bits per heavy atom. The van der Waals surface area contributed by atoms with E-state index in [9.17, 15) is 0 Å². The SMILES string of the molecule is Cc1ccc(N(c2ccccc2)c2c3ccccc3c(N(c3ccccc3)c3ccccc3)c3ccc(-c4ccccc4)cc23)cc1. The Labute approximate surface area is 276 Å². The van der Waals surface area contributed by atoms with Gasteiger partial charge in [0.2, 0.25) is 0 Å². The van der Waals surface area contributed by atoms with Gasteiger partial charge in [-0.25, -0.2) is 0 Å². The van der Waals surface area contributed by atoms with Crippen molar-refractivity contribution in [2.24, 2.45) is 0 Å². The summed E-state index contributed by atoms with van der Waals surface area (Å²) in [6.07, 6.45) is 0. The van der Waals surface area contributed by atoms with E-state index in [4.69, 9.17) is 0 Å². The van der Waals surface area contributed by atoms with Crippen molar-refractivity contribution in [2.75, 3.05) is 9.80 Å². The first-order valence-electron chi connectivity index (χ1n) is 16.1. The second-order valence-corrected chi connectivity index (χ2v) is 11.9. The first-order chi connectivity index (χ1) is 23.3. The van der Waals surface area contributed by atoms with Crippen molar-refractivity contribution in [3.8, 4) is 11.1 Å². The number of aryl methyl sites for hydroxylation is 1. The summed E-state index contributed by atoms with van der Waals surface area (Å²) in [5, 5.41) is 4.73. The van der Waals surface area contributed by atoms with Crippen LogP contribution in [0.4, 0.5) is 34.1 Å². The zero-order chi connectivity index (χ0) is 31.6. The Morgan fingerprint density at radius 2 is 0.681 bits per heavy atom. The van der Waals surface area contributed by atoms with Crippen LogP contribution >= 0.6 is 0 Å². The van der Waals surface area contributed by atoms with E-state index < -0.39 is 0 Å². The lowest BCUT2D eigenvalue weighted by atomic mass is 9.92. The van der Waals surface area contributed by atoms with Gasteiger partial charge in [-0.2, -0.15) is 0 Å². The molecule has 0 N–H and O–H groups in total. The molecular weight excluding hydrogens is 569 g/mol. The molecule has 0 saturated heterocycles. The normalized spacial score (nSPS) is 11.1. The van der Waals surface area contributed by atoms with E-state index in [2.05, 4.69) is 205 Å². The van der Waals surface area contributed by atoms with E-state index in [1.54, 1.807) is 0 Å². The van der Waals surface area contributed by atoms with Crippen molar-refractivity contribution in [2.45, 2.75) is 6.92 Å². The quantitative estimate of drug-likeness (QED) is 0.132. The lowest BCUT2D eigenvalue weighted by molar-refractivity contribution is 1.29. The average molecular weight is 603 g/mol. The molecule has 0 radical (unpaired) electrons. The summed E-state index contributed by atoms with van der Waals surface area (Å²) in [5.74, 6) is 0. The lowest BCUT2D eigenvalue weighted by Crippen LogP contribution is -2.14. The minimum atomic E-state index is 1.11. The Morgan fingerprint density at radius 1 is 0.298 bits per heavy atom. The fourth-order valence-corrected chi connectivity index (χ4v) is 6.66. The molecule has 47 heavy (non-hydrogen) atoms. The molecule has 0 heterocycles. The number of anilines is 6. The topological polar surface area (TPSA) is 6.48 Å². The van der Waals surface area contributed by atoms with E-state index in [-0.39, 0.29) is 0 Å². The standard InChI is InChI=1S/C45H34N2/c1-33-26-29-39(30-27-33)47(38-22-12-5-13-23-38)45-41-25-15-14-24-40(41)44(42-31-28-35(32-43(42)45)34-16-6-2-7-17-34)46(36-18-8-3-9-19-36)37-20-10-4-11-21-37/h2-32H,1H3. The van der Waals surface area contributed by atoms with Crippen LogP contribution in [0, 0.1) is 6.92 Å². The van der Waals surface area contributed by atoms with Crippen LogP contribution < -0.4 is 9.80 Å². The van der Waals surface area contributed by atoms with E-state index in [1.807, 2.05) is 0 Å². The van der Waals surface area contributed by atoms with Crippen molar-refractivity contribution < 1.29 is 0 Å². The maximum atomic E-state index is 2.43. The van der Waals surface area contributed by atoms with E-state index in [0.29, 0.717) is 0 Å². The Balaban J connectivity index is 1.54. The predicted octanol–water partition coefficient (Wildman–Crippen LogP) is 12.9. The minimum Gasteiger partial charge on any atom is -0.309 e. The largest absolute Gasteiger partial charge is 0.309 e. The molecule has 224 valence electrons. The molecule has 0 aliphatic heterocycles. The van der Waals surface area contributed by atoms with E-state index >= 15 is 0 Å². The third-order valence-electron chi connectivity index (χ3n) is 8.86. The van der Waals surface area contributed by atoms with Crippen LogP contribution in [0.3, 0.4) is 0 Å². The average Bonchev–Trinajstić information content (AvgIpc) is 3.15. The highest BCUT2D eigenvalue weighted by Crippen LogP contribution is 2.51. The van der Waals surface area contributed by atoms with Crippen LogP contribution in [0.15, 0.2) is 188 Å². The molecule has 0 saturated carbocycles. The molecule has 2 nitrogen and oxygen atoms in total. The summed E-state index contributed by atoms with van der Waals surface area (Å²) in [7, 11) is 0. The Hall–Kier alpha value is -6.12. The number of hydrogen-bond acceptors (Lipinski definition) is 2. The van der Waals surface area contributed by atoms with Crippen molar-refractivity contribution in [1.29, 1.82) is 0 Å². The molecule has 0 aliphatic rings. The van der Waals surface area contributed by atoms with Crippen LogP contribution in [0.5, 0.6) is 0 Å². The number of benzene rings is 8. The molecule has 0 bridgehead atoms. The first-order valence-corrected chi connectivity index (χ1v) is 16.1. The van der Waals surface area contributed by atoms with Gasteiger partial charge >= 0.3 is 0 Å². The molecule has 0 aliphatic carbocycles. The minimum absolute atomic E-state index is 1.11. The monoisotopic (exact) mass is 602 g/mol. The summed E-state index contributed by atoms with van der Waals surface area (Å²) in [6, 6.07) is 67.6. The zero-order valence-corrected chi connectivity index (χ0v) is 26.3. The van der Waals surface area contributed by atoms with Crippen LogP contribution in [0.2, 0.25) is 0 Å². The second-order valence-electron chi connectivity index (χ2n) is 11.9. The molecule has 2 heteroatoms. The second kappa shape index (κ2) is 12.3. The Bertz CT molecular complexity index is 2240. The first kappa shape index (κ1) is 28.4. The van der Waals surface area contributed by atoms with Gasteiger partial charge < -0.3 is 9.80 Å². The van der Waals surface area contributed by atoms with Crippen LogP contribution in [0.1, 0.15) is 5.56 Å². The van der Waals surface area contributed by atoms with Gasteiger partial charge in [0.1, 0.15) is 0 Å². The van der Waals surface area contributed by atoms with E-state index in [0.717, 1.165) is 34.1 Å². The maximum Gasteiger partial charge on any atom is 0.0620 e. The van der Waals surface area contributed by atoms with Crippen LogP contribution in [-0.2, 0) is 0 Å². The number of rotatable bonds is 7. The molecule has 0 aromatic heterocycles. The summed E-state index contributed by atoms with van der Waals surface area (Å²) in [6.45, 7) is 2.14. The molecule has 8 aromatic rings. The third kappa shape index (κ3) is 5.30. The van der Waals surface area contributed by atoms with Gasteiger partial charge in [-0.3, -0.25) is 0 Å². The van der Waals surface area contributed by atoms with Crippen molar-refractivity contribution in [3.05, 3.63) is 194 Å². The summed E-state index contributed by atoms with van der Waals surface area (Å²) < 4.78 is 0. The van der Waals surface area contributed by atoms with Gasteiger partial charge in [0.15, 0.2) is 0 Å². The number of nitrogens with zero attached hydrogens (tertiary/aromatic N) is 2. The molecule has 0 spiro atoms. The van der Waals surface area contributed by atoms with Crippen molar-refractivity contribution in [3.63, 3.8) is 0 Å². The molecule has 8 aromatic carbocycles. The summed E-state index contributed by atoms with van der Waals surface area (Å²) in [5.41, 5.74) is 10.4. The third-order valence-corrected chi connectivity index (χ3v) is 8.86. The molecule has 0 atom stereocenters. The summed E-state index contributed by atoms with van der Waals surface area (Å²) >= 11 is 0. The fourth-order valence-electron chi connectivity index (χ4n) is 6.66. The maximum absolute atomic E-state index is 2.43. The molecule has 0 unspecified atom stereocenters. The molecular formula is C45H34N2. The smallest absolute Gasteiger partial charge is 0.0620 e. The lowest BCUT2D eigenvalue weighted by Gasteiger charge is -2.33. The molecule has 0 amide bonds. The van der Waals surface area contributed by atoms with Gasteiger partial charge in [0.05, 0.1) is 11.4 Å². The summed E-state index contributed by atoms with van der Waals surface area (Å²) in [4.78, 5) is 4.84. The highest BCUT2D eigenvalue weighted by Gasteiger charge is 2.25. The number of para-hydroxylation sites is 3. The number of hydrogen-bond donors (Lipinski definition) is 0. The van der Waals surface area contributed by atoms with Crippen molar-refractivity contribution in [1.82, 2.24) is 0 Å². The van der Waals surface area contributed by atoms with Crippen LogP contribution in [0.25, 0.3) is 32.7 Å². The molecule has 8 rings (SSSR count). The predicted molar refractivity (Wildman–Crippen MR) is 201 cm³/mol. The van der Waals surface area contributed by atoms with E-state index in [1.165, 1.54) is 38.2 Å². The number of fused-ring (bicyclic) bond motifs is 2. The van der Waals surface area contributed by atoms with Crippen molar-refractivity contribution >= 4 is 55.7 Å². The Kier molecular flexibility index (Phi) is 7.45. The van der Waals surface area contributed by atoms with Gasteiger partial charge in [-0.15, -0.1) is 0 Å². The molecule has 0 fully saturated rings. The fraction of sp³-hybridized carbons (Fsp3) is 0.0222. The van der Waals surface area contributed by atoms with Gasteiger partial charge in [-0.1, -0.05) is 139 Å². The van der Waals surface area contributed by atoms with Gasteiger partial charge in [0.25, 0.3) is 0 Å².